The van der Waals surface area contributed by atoms with E-state index in [1.165, 1.54) is 38.5 Å². The van der Waals surface area contributed by atoms with Gasteiger partial charge in [-0.25, -0.2) is 0 Å². The van der Waals surface area contributed by atoms with Crippen LogP contribution in [-0.4, -0.2) is 28.2 Å². The molecule has 1 atom stereocenters. The molecule has 0 aromatic rings. The minimum Gasteiger partial charge on any atom is -0.339 e. The maximum Gasteiger partial charge on any atom is 0.236 e. The number of hydrogen-bond donors (Lipinski definition) is 0. The fourth-order valence-corrected chi connectivity index (χ4v) is 3.96. The van der Waals surface area contributed by atoms with Crippen molar-refractivity contribution in [3.05, 3.63) is 0 Å². The molecule has 1 aliphatic carbocycles. The van der Waals surface area contributed by atoms with E-state index in [0.29, 0.717) is 11.9 Å². The number of amides is 1. The van der Waals surface area contributed by atoms with Gasteiger partial charge in [0.2, 0.25) is 5.91 Å². The number of alkyl halides is 1. The highest BCUT2D eigenvalue weighted by molar-refractivity contribution is 9.10. The minimum atomic E-state index is 0.0876. The molecule has 0 radical (unpaired) electrons. The average molecular weight is 302 g/mol. The highest BCUT2D eigenvalue weighted by Gasteiger charge is 2.33. The first-order valence-electron chi connectivity index (χ1n) is 7.17. The molecule has 1 unspecified atom stereocenters. The summed E-state index contributed by atoms with van der Waals surface area (Å²) in [6, 6.07) is 0.538. The summed E-state index contributed by atoms with van der Waals surface area (Å²) >= 11 is 3.51. The van der Waals surface area contributed by atoms with Crippen LogP contribution in [0.15, 0.2) is 0 Å². The van der Waals surface area contributed by atoms with Crippen molar-refractivity contribution in [2.75, 3.05) is 6.54 Å². The Bertz CT molecular complexity index is 261. The molecular weight excluding hydrogens is 278 g/mol. The smallest absolute Gasteiger partial charge is 0.236 e. The Morgan fingerprint density at radius 1 is 1.24 bits per heavy atom. The highest BCUT2D eigenvalue weighted by Crippen LogP contribution is 2.32. The van der Waals surface area contributed by atoms with Gasteiger partial charge in [0.1, 0.15) is 0 Å². The number of carbonyl (C=O) groups excluding carboxylic acids is 1. The number of rotatable bonds is 3. The second kappa shape index (κ2) is 6.21. The predicted molar refractivity (Wildman–Crippen MR) is 74.3 cm³/mol. The zero-order valence-corrected chi connectivity index (χ0v) is 12.4. The SMILES string of the molecule is CCCC1CCC(N2CCCC(Br)C2=O)CC1. The summed E-state index contributed by atoms with van der Waals surface area (Å²) in [6.45, 7) is 3.26. The van der Waals surface area contributed by atoms with Crippen LogP contribution in [0.2, 0.25) is 0 Å². The van der Waals surface area contributed by atoms with Gasteiger partial charge in [0.15, 0.2) is 0 Å². The molecule has 2 rings (SSSR count). The lowest BCUT2D eigenvalue weighted by molar-refractivity contribution is -0.135. The van der Waals surface area contributed by atoms with Gasteiger partial charge in [0, 0.05) is 12.6 Å². The largest absolute Gasteiger partial charge is 0.339 e. The number of carbonyl (C=O) groups is 1. The minimum absolute atomic E-state index is 0.0876. The molecule has 98 valence electrons. The molecule has 0 N–H and O–H groups in total. The summed E-state index contributed by atoms with van der Waals surface area (Å²) < 4.78 is 0. The quantitative estimate of drug-likeness (QED) is 0.727. The van der Waals surface area contributed by atoms with E-state index in [0.717, 1.165) is 25.3 Å². The van der Waals surface area contributed by atoms with E-state index in [9.17, 15) is 4.79 Å². The zero-order valence-electron chi connectivity index (χ0n) is 10.8. The van der Waals surface area contributed by atoms with Gasteiger partial charge in [-0.05, 0) is 44.4 Å². The predicted octanol–water partition coefficient (Wildman–Crippen LogP) is 3.73. The van der Waals surface area contributed by atoms with E-state index in [4.69, 9.17) is 0 Å². The lowest BCUT2D eigenvalue weighted by Gasteiger charge is -2.40. The van der Waals surface area contributed by atoms with Crippen molar-refractivity contribution in [3.8, 4) is 0 Å². The number of halogens is 1. The van der Waals surface area contributed by atoms with Gasteiger partial charge in [0.05, 0.1) is 4.83 Å². The van der Waals surface area contributed by atoms with Gasteiger partial charge >= 0.3 is 0 Å². The molecule has 0 bridgehead atoms. The Morgan fingerprint density at radius 3 is 2.59 bits per heavy atom. The van der Waals surface area contributed by atoms with E-state index in [1.807, 2.05) is 0 Å². The normalized spacial score (nSPS) is 35.1. The third-order valence-electron chi connectivity index (χ3n) is 4.36. The summed E-state index contributed by atoms with van der Waals surface area (Å²) in [6.07, 6.45) is 9.98. The Kier molecular flexibility index (Phi) is 4.89. The van der Waals surface area contributed by atoms with Gasteiger partial charge in [0.25, 0.3) is 0 Å². The standard InChI is InChI=1S/C14H24BrNO/c1-2-4-11-6-8-12(9-7-11)16-10-3-5-13(15)14(16)17/h11-13H,2-10H2,1H3. The van der Waals surface area contributed by atoms with Gasteiger partial charge in [-0.1, -0.05) is 35.7 Å². The van der Waals surface area contributed by atoms with Crippen molar-refractivity contribution in [1.82, 2.24) is 4.90 Å². The molecule has 1 aliphatic heterocycles. The summed E-state index contributed by atoms with van der Waals surface area (Å²) in [7, 11) is 0. The molecule has 1 saturated heterocycles. The fraction of sp³-hybridized carbons (Fsp3) is 0.929. The maximum absolute atomic E-state index is 12.1. The average Bonchev–Trinajstić information content (AvgIpc) is 2.34. The molecule has 17 heavy (non-hydrogen) atoms. The van der Waals surface area contributed by atoms with Crippen molar-refractivity contribution in [3.63, 3.8) is 0 Å². The van der Waals surface area contributed by atoms with Crippen molar-refractivity contribution in [2.24, 2.45) is 5.92 Å². The second-order valence-corrected chi connectivity index (χ2v) is 6.71. The van der Waals surface area contributed by atoms with Crippen LogP contribution in [0.5, 0.6) is 0 Å². The van der Waals surface area contributed by atoms with Crippen molar-refractivity contribution < 1.29 is 4.79 Å². The summed E-state index contributed by atoms with van der Waals surface area (Å²) in [5.41, 5.74) is 0. The van der Waals surface area contributed by atoms with Crippen LogP contribution in [0.3, 0.4) is 0 Å². The third kappa shape index (κ3) is 3.24. The Morgan fingerprint density at radius 2 is 1.94 bits per heavy atom. The number of likely N-dealkylation sites (tertiary alicyclic amines) is 1. The molecule has 3 heteroatoms. The first-order valence-corrected chi connectivity index (χ1v) is 8.08. The monoisotopic (exact) mass is 301 g/mol. The van der Waals surface area contributed by atoms with Crippen molar-refractivity contribution in [2.45, 2.75) is 69.2 Å². The van der Waals surface area contributed by atoms with Crippen LogP contribution in [0.1, 0.15) is 58.3 Å². The van der Waals surface area contributed by atoms with Crippen LogP contribution in [0.25, 0.3) is 0 Å². The Hall–Kier alpha value is -0.0500. The zero-order chi connectivity index (χ0) is 12.3. The molecule has 2 aliphatic rings. The molecule has 1 saturated carbocycles. The Balaban J connectivity index is 1.85. The maximum atomic E-state index is 12.1. The summed E-state index contributed by atoms with van der Waals surface area (Å²) in [5.74, 6) is 1.27. The molecule has 1 amide bonds. The van der Waals surface area contributed by atoms with Crippen molar-refractivity contribution in [1.29, 1.82) is 0 Å². The second-order valence-electron chi connectivity index (χ2n) is 5.60. The molecule has 1 heterocycles. The van der Waals surface area contributed by atoms with E-state index in [-0.39, 0.29) is 4.83 Å². The fourth-order valence-electron chi connectivity index (χ4n) is 3.37. The number of nitrogens with zero attached hydrogens (tertiary/aromatic N) is 1. The van der Waals surface area contributed by atoms with Crippen LogP contribution in [0.4, 0.5) is 0 Å². The summed E-state index contributed by atoms with van der Waals surface area (Å²) in [4.78, 5) is 14.4. The van der Waals surface area contributed by atoms with Crippen LogP contribution in [-0.2, 0) is 4.79 Å². The van der Waals surface area contributed by atoms with E-state index >= 15 is 0 Å². The van der Waals surface area contributed by atoms with E-state index < -0.39 is 0 Å². The van der Waals surface area contributed by atoms with Gasteiger partial charge in [-0.15, -0.1) is 0 Å². The summed E-state index contributed by atoms with van der Waals surface area (Å²) in [5, 5.41) is 0. The van der Waals surface area contributed by atoms with Gasteiger partial charge in [-0.2, -0.15) is 0 Å². The molecule has 0 aromatic heterocycles. The first-order chi connectivity index (χ1) is 8.22. The molecular formula is C14H24BrNO. The number of hydrogen-bond acceptors (Lipinski definition) is 1. The molecule has 2 nitrogen and oxygen atoms in total. The van der Waals surface area contributed by atoms with E-state index in [1.54, 1.807) is 0 Å². The van der Waals surface area contributed by atoms with Crippen LogP contribution < -0.4 is 0 Å². The lowest BCUT2D eigenvalue weighted by Crippen LogP contribution is -2.48. The third-order valence-corrected chi connectivity index (χ3v) is 5.21. The topological polar surface area (TPSA) is 20.3 Å². The number of piperidine rings is 1. The van der Waals surface area contributed by atoms with Crippen LogP contribution >= 0.6 is 15.9 Å². The molecule has 2 fully saturated rings. The van der Waals surface area contributed by atoms with Gasteiger partial charge in [-0.3, -0.25) is 4.79 Å². The van der Waals surface area contributed by atoms with Gasteiger partial charge < -0.3 is 4.90 Å². The molecule has 0 spiro atoms. The van der Waals surface area contributed by atoms with E-state index in [2.05, 4.69) is 27.8 Å². The van der Waals surface area contributed by atoms with Crippen LogP contribution in [0, 0.1) is 5.92 Å². The highest BCUT2D eigenvalue weighted by atomic mass is 79.9. The first kappa shape index (κ1) is 13.4. The lowest BCUT2D eigenvalue weighted by atomic mass is 9.82. The molecule has 0 aromatic carbocycles. The Labute approximate surface area is 113 Å². The van der Waals surface area contributed by atoms with Crippen molar-refractivity contribution >= 4 is 21.8 Å².